The number of ketones is 2. The van der Waals surface area contributed by atoms with Gasteiger partial charge in [0.05, 0.1) is 0 Å². The maximum atomic E-state index is 12.4. The molecule has 1 fully saturated rings. The Bertz CT molecular complexity index is 702. The molecule has 1 aromatic heterocycles. The first kappa shape index (κ1) is 16.6. The lowest BCUT2D eigenvalue weighted by Gasteiger charge is -2.31. The molecule has 5 heteroatoms. The maximum Gasteiger partial charge on any atom is 0.214 e. The minimum absolute atomic E-state index is 0.104. The van der Waals surface area contributed by atoms with Gasteiger partial charge in [-0.05, 0) is 32.9 Å². The van der Waals surface area contributed by atoms with Crippen LogP contribution in [0.2, 0.25) is 0 Å². The van der Waals surface area contributed by atoms with E-state index >= 15 is 0 Å². The molecule has 5 nitrogen and oxygen atoms in total. The van der Waals surface area contributed by atoms with Crippen molar-refractivity contribution in [2.75, 3.05) is 13.1 Å². The van der Waals surface area contributed by atoms with Crippen LogP contribution in [0.1, 0.15) is 59.2 Å². The lowest BCUT2D eigenvalue weighted by Crippen LogP contribution is -2.38. The molecule has 0 amide bonds. The third-order valence-corrected chi connectivity index (χ3v) is 4.55. The van der Waals surface area contributed by atoms with Crippen molar-refractivity contribution in [3.05, 3.63) is 53.4 Å². The van der Waals surface area contributed by atoms with Crippen LogP contribution in [0.3, 0.4) is 0 Å². The molecule has 24 heavy (non-hydrogen) atoms. The molecule has 0 aliphatic carbocycles. The van der Waals surface area contributed by atoms with Gasteiger partial charge in [-0.2, -0.15) is 0 Å². The zero-order valence-electron chi connectivity index (χ0n) is 13.9. The third-order valence-electron chi connectivity index (χ3n) is 4.55. The topological polar surface area (TPSA) is 63.4 Å². The SMILES string of the molecule is CC(CC(=O)c1cc(C(=O)c2ccccc2)no1)N1CCCCC1. The zero-order chi connectivity index (χ0) is 16.9. The van der Waals surface area contributed by atoms with Gasteiger partial charge in [0.1, 0.15) is 0 Å². The summed E-state index contributed by atoms with van der Waals surface area (Å²) in [6.45, 7) is 4.15. The highest BCUT2D eigenvalue weighted by Crippen LogP contribution is 2.17. The summed E-state index contributed by atoms with van der Waals surface area (Å²) in [6.07, 6.45) is 4.03. The first-order valence-electron chi connectivity index (χ1n) is 8.49. The van der Waals surface area contributed by atoms with Gasteiger partial charge >= 0.3 is 0 Å². The number of rotatable bonds is 6. The quantitative estimate of drug-likeness (QED) is 0.762. The molecule has 1 aliphatic rings. The Kier molecular flexibility index (Phi) is 5.20. The number of carbonyl (C=O) groups is 2. The minimum atomic E-state index is -0.234. The van der Waals surface area contributed by atoms with Crippen molar-refractivity contribution in [1.82, 2.24) is 10.1 Å². The molecular weight excluding hydrogens is 304 g/mol. The summed E-state index contributed by atoms with van der Waals surface area (Å²) in [5.41, 5.74) is 0.710. The molecule has 1 saturated heterocycles. The Morgan fingerprint density at radius 2 is 1.88 bits per heavy atom. The average molecular weight is 326 g/mol. The van der Waals surface area contributed by atoms with Crippen LogP contribution in [0.4, 0.5) is 0 Å². The first-order chi connectivity index (χ1) is 11.6. The van der Waals surface area contributed by atoms with Crippen molar-refractivity contribution >= 4 is 11.6 Å². The largest absolute Gasteiger partial charge is 0.352 e. The fourth-order valence-electron chi connectivity index (χ4n) is 3.11. The van der Waals surface area contributed by atoms with Gasteiger partial charge in [-0.15, -0.1) is 0 Å². The molecule has 0 saturated carbocycles. The Morgan fingerprint density at radius 1 is 1.17 bits per heavy atom. The normalized spacial score (nSPS) is 16.7. The van der Waals surface area contributed by atoms with Crippen molar-refractivity contribution in [3.63, 3.8) is 0 Å². The van der Waals surface area contributed by atoms with Crippen LogP contribution in [-0.4, -0.2) is 40.8 Å². The van der Waals surface area contributed by atoms with Gasteiger partial charge < -0.3 is 9.42 Å². The van der Waals surface area contributed by atoms with Gasteiger partial charge in [0, 0.05) is 24.1 Å². The number of likely N-dealkylation sites (tertiary alicyclic amines) is 1. The predicted molar refractivity (Wildman–Crippen MR) is 90.2 cm³/mol. The molecular formula is C19H22N2O3. The standard InChI is InChI=1S/C19H22N2O3/c1-14(21-10-6-3-7-11-21)12-17(22)18-13-16(20-24-18)19(23)15-8-4-2-5-9-15/h2,4-5,8-9,13-14H,3,6-7,10-12H2,1H3. The summed E-state index contributed by atoms with van der Waals surface area (Å²) in [5.74, 6) is -0.173. The van der Waals surface area contributed by atoms with Gasteiger partial charge in [-0.3, -0.25) is 9.59 Å². The van der Waals surface area contributed by atoms with Crippen LogP contribution in [0.15, 0.2) is 40.9 Å². The predicted octanol–water partition coefficient (Wildman–Crippen LogP) is 3.35. The van der Waals surface area contributed by atoms with Crippen molar-refractivity contribution in [2.24, 2.45) is 0 Å². The minimum Gasteiger partial charge on any atom is -0.352 e. The van der Waals surface area contributed by atoms with Crippen LogP contribution >= 0.6 is 0 Å². The van der Waals surface area contributed by atoms with Crippen molar-refractivity contribution in [3.8, 4) is 0 Å². The zero-order valence-corrected chi connectivity index (χ0v) is 13.9. The summed E-state index contributed by atoms with van der Waals surface area (Å²) in [5, 5.41) is 3.77. The van der Waals surface area contributed by atoms with Gasteiger partial charge in [0.2, 0.25) is 17.3 Å². The van der Waals surface area contributed by atoms with E-state index < -0.39 is 0 Å². The molecule has 1 atom stereocenters. The van der Waals surface area contributed by atoms with E-state index in [9.17, 15) is 9.59 Å². The van der Waals surface area contributed by atoms with Crippen LogP contribution in [0, 0.1) is 0 Å². The highest BCUT2D eigenvalue weighted by Gasteiger charge is 2.23. The Balaban J connectivity index is 1.64. The number of hydrogen-bond acceptors (Lipinski definition) is 5. The fraction of sp³-hybridized carbons (Fsp3) is 0.421. The second kappa shape index (κ2) is 7.53. The summed E-state index contributed by atoms with van der Waals surface area (Å²) in [7, 11) is 0. The smallest absolute Gasteiger partial charge is 0.214 e. The summed E-state index contributed by atoms with van der Waals surface area (Å²) < 4.78 is 5.12. The highest BCUT2D eigenvalue weighted by molar-refractivity contribution is 6.08. The summed E-state index contributed by atoms with van der Waals surface area (Å²) >= 11 is 0. The third kappa shape index (κ3) is 3.79. The molecule has 0 N–H and O–H groups in total. The van der Waals surface area contributed by atoms with E-state index in [-0.39, 0.29) is 29.1 Å². The molecule has 126 valence electrons. The summed E-state index contributed by atoms with van der Waals surface area (Å²) in [6, 6.07) is 10.5. The molecule has 1 unspecified atom stereocenters. The number of Topliss-reactive ketones (excluding diaryl/α,β-unsaturated/α-hetero) is 1. The molecule has 0 bridgehead atoms. The second-order valence-electron chi connectivity index (χ2n) is 6.34. The van der Waals surface area contributed by atoms with E-state index in [1.807, 2.05) is 6.07 Å². The number of aromatic nitrogens is 1. The number of benzene rings is 1. The Labute approximate surface area is 141 Å². The monoisotopic (exact) mass is 326 g/mol. The average Bonchev–Trinajstić information content (AvgIpc) is 3.13. The number of nitrogens with zero attached hydrogens (tertiary/aromatic N) is 2. The van der Waals surface area contributed by atoms with Crippen molar-refractivity contribution < 1.29 is 14.1 Å². The molecule has 3 rings (SSSR count). The van der Waals surface area contributed by atoms with Crippen LogP contribution in [0.5, 0.6) is 0 Å². The first-order valence-corrected chi connectivity index (χ1v) is 8.49. The van der Waals surface area contributed by atoms with E-state index in [1.54, 1.807) is 24.3 Å². The number of piperidine rings is 1. The molecule has 1 aliphatic heterocycles. The molecule has 2 aromatic rings. The Hall–Kier alpha value is -2.27. The van der Waals surface area contributed by atoms with Gasteiger partial charge in [-0.25, -0.2) is 0 Å². The van der Waals surface area contributed by atoms with Crippen LogP contribution in [-0.2, 0) is 0 Å². The molecule has 2 heterocycles. The van der Waals surface area contributed by atoms with Crippen LogP contribution < -0.4 is 0 Å². The van der Waals surface area contributed by atoms with E-state index in [2.05, 4.69) is 17.0 Å². The second-order valence-corrected chi connectivity index (χ2v) is 6.34. The number of hydrogen-bond donors (Lipinski definition) is 0. The van der Waals surface area contributed by atoms with Gasteiger partial charge in [-0.1, -0.05) is 41.9 Å². The van der Waals surface area contributed by atoms with E-state index in [0.29, 0.717) is 12.0 Å². The van der Waals surface area contributed by atoms with E-state index in [4.69, 9.17) is 4.52 Å². The fourth-order valence-corrected chi connectivity index (χ4v) is 3.11. The molecule has 1 aromatic carbocycles. The Morgan fingerprint density at radius 3 is 2.58 bits per heavy atom. The highest BCUT2D eigenvalue weighted by atomic mass is 16.5. The number of carbonyl (C=O) groups excluding carboxylic acids is 2. The van der Waals surface area contributed by atoms with Crippen molar-refractivity contribution in [1.29, 1.82) is 0 Å². The van der Waals surface area contributed by atoms with E-state index in [1.165, 1.54) is 25.3 Å². The molecule has 0 radical (unpaired) electrons. The van der Waals surface area contributed by atoms with E-state index in [0.717, 1.165) is 13.1 Å². The lowest BCUT2D eigenvalue weighted by molar-refractivity contribution is 0.0874. The van der Waals surface area contributed by atoms with Gasteiger partial charge in [0.25, 0.3) is 0 Å². The molecule has 0 spiro atoms. The van der Waals surface area contributed by atoms with Crippen LogP contribution in [0.25, 0.3) is 0 Å². The summed E-state index contributed by atoms with van der Waals surface area (Å²) in [4.78, 5) is 27.0. The van der Waals surface area contributed by atoms with Gasteiger partial charge in [0.15, 0.2) is 5.69 Å². The lowest BCUT2D eigenvalue weighted by atomic mass is 10.0. The maximum absolute atomic E-state index is 12.4. The van der Waals surface area contributed by atoms with Crippen molar-refractivity contribution in [2.45, 2.75) is 38.6 Å².